The fourth-order valence-corrected chi connectivity index (χ4v) is 2.47. The van der Waals surface area contributed by atoms with Crippen LogP contribution in [0.2, 0.25) is 0 Å². The Labute approximate surface area is 159 Å². The zero-order valence-corrected chi connectivity index (χ0v) is 15.3. The highest BCUT2D eigenvalue weighted by molar-refractivity contribution is 5.77. The summed E-state index contributed by atoms with van der Waals surface area (Å²) in [4.78, 5) is 28.8. The molecule has 142 valence electrons. The highest BCUT2D eigenvalue weighted by Crippen LogP contribution is 2.15. The Morgan fingerprint density at radius 3 is 2.37 bits per heavy atom. The summed E-state index contributed by atoms with van der Waals surface area (Å²) in [6.45, 7) is 1.91. The van der Waals surface area contributed by atoms with Gasteiger partial charge in [-0.1, -0.05) is 60.7 Å². The molecule has 0 aliphatic heterocycles. The van der Waals surface area contributed by atoms with E-state index in [-0.39, 0.29) is 19.2 Å². The minimum absolute atomic E-state index is 0.00385. The minimum atomic E-state index is -1.08. The van der Waals surface area contributed by atoms with Crippen molar-refractivity contribution in [3.05, 3.63) is 71.8 Å². The first-order valence-corrected chi connectivity index (χ1v) is 8.80. The molecule has 1 atom stereocenters. The molecular weight excluding hydrogens is 344 g/mol. The van der Waals surface area contributed by atoms with Gasteiger partial charge in [0.25, 0.3) is 0 Å². The first kappa shape index (κ1) is 20.2. The van der Waals surface area contributed by atoms with Gasteiger partial charge in [0.1, 0.15) is 13.2 Å². The molecule has 0 spiro atoms. The van der Waals surface area contributed by atoms with Crippen molar-refractivity contribution < 1.29 is 19.4 Å². The van der Waals surface area contributed by atoms with Crippen LogP contribution in [0.4, 0.5) is 4.79 Å². The largest absolute Gasteiger partial charge is 0.480 e. The number of ether oxygens (including phenoxy) is 1. The third-order valence-electron chi connectivity index (χ3n) is 3.93. The number of hydrogen-bond acceptors (Lipinski definition) is 4. The van der Waals surface area contributed by atoms with E-state index in [0.29, 0.717) is 6.42 Å². The molecule has 0 saturated carbocycles. The lowest BCUT2D eigenvalue weighted by molar-refractivity contribution is -0.138. The van der Waals surface area contributed by atoms with Crippen molar-refractivity contribution in [1.82, 2.24) is 4.90 Å². The quantitative estimate of drug-likeness (QED) is 0.680. The zero-order chi connectivity index (χ0) is 19.5. The highest BCUT2D eigenvalue weighted by atomic mass is 16.6. The Morgan fingerprint density at radius 2 is 1.74 bits per heavy atom. The molecule has 6 nitrogen and oxygen atoms in total. The van der Waals surface area contributed by atoms with Crippen molar-refractivity contribution in [2.45, 2.75) is 26.0 Å². The number of nitrogens with zero attached hydrogens (tertiary/aromatic N) is 2. The molecule has 6 heteroatoms. The van der Waals surface area contributed by atoms with E-state index in [2.05, 4.69) is 4.99 Å². The molecule has 0 saturated heterocycles. The number of rotatable bonds is 9. The van der Waals surface area contributed by atoms with Gasteiger partial charge in [0.2, 0.25) is 0 Å². The summed E-state index contributed by atoms with van der Waals surface area (Å²) >= 11 is 0. The molecule has 2 aromatic carbocycles. The van der Waals surface area contributed by atoms with Gasteiger partial charge in [-0.25, -0.2) is 4.79 Å². The van der Waals surface area contributed by atoms with Gasteiger partial charge in [-0.05, 0) is 18.1 Å². The van der Waals surface area contributed by atoms with E-state index in [4.69, 9.17) is 9.84 Å². The van der Waals surface area contributed by atoms with Crippen molar-refractivity contribution in [1.29, 1.82) is 0 Å². The summed E-state index contributed by atoms with van der Waals surface area (Å²) in [5.74, 6) is -1.08. The van der Waals surface area contributed by atoms with Gasteiger partial charge in [0.15, 0.2) is 0 Å². The van der Waals surface area contributed by atoms with Gasteiger partial charge >= 0.3 is 12.1 Å². The van der Waals surface area contributed by atoms with Gasteiger partial charge in [-0.15, -0.1) is 0 Å². The molecule has 0 aliphatic carbocycles. The average Bonchev–Trinajstić information content (AvgIpc) is 2.69. The second-order valence-corrected chi connectivity index (χ2v) is 6.06. The number of aliphatic imine (C=N–C) groups is 1. The Bertz CT molecular complexity index is 747. The van der Waals surface area contributed by atoms with Gasteiger partial charge < -0.3 is 9.84 Å². The molecule has 1 N–H and O–H groups in total. The minimum Gasteiger partial charge on any atom is -0.480 e. The maximum Gasteiger partial charge on any atom is 0.410 e. The third-order valence-corrected chi connectivity index (χ3v) is 3.93. The molecule has 2 aromatic rings. The summed E-state index contributed by atoms with van der Waals surface area (Å²) < 4.78 is 5.22. The molecule has 0 aromatic heterocycles. The molecule has 1 amide bonds. The molecule has 0 radical (unpaired) electrons. The molecule has 0 aliphatic rings. The smallest absolute Gasteiger partial charge is 0.410 e. The van der Waals surface area contributed by atoms with E-state index in [1.807, 2.05) is 67.6 Å². The lowest BCUT2D eigenvalue weighted by Gasteiger charge is -2.19. The Morgan fingerprint density at radius 1 is 1.11 bits per heavy atom. The Hall–Kier alpha value is -3.15. The number of benzene rings is 2. The van der Waals surface area contributed by atoms with E-state index in [0.717, 1.165) is 11.1 Å². The summed E-state index contributed by atoms with van der Waals surface area (Å²) in [5, 5.41) is 9.03. The van der Waals surface area contributed by atoms with Gasteiger partial charge in [0, 0.05) is 19.2 Å². The standard InChI is InChI=1S/C21H24N2O4/c1-17(19-11-6-3-7-12-19)22-13-8-14-23(15-20(24)25)21(26)27-16-18-9-4-2-5-10-18/h2-7,9-13,17H,8,14-16H2,1H3,(H,24,25)/t17-/m1/s1. The van der Waals surface area contributed by atoms with Gasteiger partial charge in [0.05, 0.1) is 6.04 Å². The molecule has 27 heavy (non-hydrogen) atoms. The number of carboxylic acids is 1. The molecule has 0 unspecified atom stereocenters. The van der Waals surface area contributed by atoms with Crippen LogP contribution in [0.3, 0.4) is 0 Å². The normalized spacial score (nSPS) is 11.9. The highest BCUT2D eigenvalue weighted by Gasteiger charge is 2.17. The number of hydrogen-bond donors (Lipinski definition) is 1. The van der Waals surface area contributed by atoms with Crippen molar-refractivity contribution in [2.24, 2.45) is 4.99 Å². The van der Waals surface area contributed by atoms with Crippen LogP contribution in [0.1, 0.15) is 30.5 Å². The van der Waals surface area contributed by atoms with Crippen molar-refractivity contribution >= 4 is 18.3 Å². The van der Waals surface area contributed by atoms with Crippen LogP contribution in [-0.4, -0.2) is 41.4 Å². The zero-order valence-electron chi connectivity index (χ0n) is 15.3. The first-order valence-electron chi connectivity index (χ1n) is 8.80. The molecule has 0 bridgehead atoms. The predicted octanol–water partition coefficient (Wildman–Crippen LogP) is 3.93. The SMILES string of the molecule is C[C@@H](N=CCCN(CC(=O)O)C(=O)OCc1ccccc1)c1ccccc1. The van der Waals surface area contributed by atoms with Crippen molar-refractivity contribution in [3.8, 4) is 0 Å². The first-order chi connectivity index (χ1) is 13.1. The maximum absolute atomic E-state index is 12.2. The molecular formula is C21H24N2O4. The second kappa shape index (κ2) is 10.8. The predicted molar refractivity (Wildman–Crippen MR) is 104 cm³/mol. The van der Waals surface area contributed by atoms with E-state index < -0.39 is 18.6 Å². The summed E-state index contributed by atoms with van der Waals surface area (Å²) in [6.07, 6.45) is 1.52. The van der Waals surface area contributed by atoms with E-state index in [9.17, 15) is 9.59 Å². The van der Waals surface area contributed by atoms with E-state index in [1.54, 1.807) is 6.21 Å². The monoisotopic (exact) mass is 368 g/mol. The van der Waals surface area contributed by atoms with Crippen LogP contribution < -0.4 is 0 Å². The van der Waals surface area contributed by atoms with Crippen molar-refractivity contribution in [3.63, 3.8) is 0 Å². The van der Waals surface area contributed by atoms with Crippen LogP contribution in [0.5, 0.6) is 0 Å². The maximum atomic E-state index is 12.2. The molecule has 0 fully saturated rings. The van der Waals surface area contributed by atoms with Crippen LogP contribution >= 0.6 is 0 Å². The Balaban J connectivity index is 1.85. The lowest BCUT2D eigenvalue weighted by Crippen LogP contribution is -2.37. The molecule has 2 rings (SSSR count). The van der Waals surface area contributed by atoms with Crippen LogP contribution in [0.15, 0.2) is 65.7 Å². The molecule has 0 heterocycles. The van der Waals surface area contributed by atoms with E-state index >= 15 is 0 Å². The summed E-state index contributed by atoms with van der Waals surface area (Å²) in [6, 6.07) is 19.1. The van der Waals surface area contributed by atoms with Gasteiger partial charge in [-0.3, -0.25) is 14.7 Å². The van der Waals surface area contributed by atoms with Crippen LogP contribution in [0, 0.1) is 0 Å². The second-order valence-electron chi connectivity index (χ2n) is 6.06. The van der Waals surface area contributed by atoms with Crippen LogP contribution in [0.25, 0.3) is 0 Å². The third kappa shape index (κ3) is 7.32. The topological polar surface area (TPSA) is 79.2 Å². The van der Waals surface area contributed by atoms with Crippen molar-refractivity contribution in [2.75, 3.05) is 13.1 Å². The lowest BCUT2D eigenvalue weighted by atomic mass is 10.1. The fourth-order valence-electron chi connectivity index (χ4n) is 2.47. The fraction of sp³-hybridized carbons (Fsp3) is 0.286. The summed E-state index contributed by atoms with van der Waals surface area (Å²) in [7, 11) is 0. The number of carbonyl (C=O) groups is 2. The van der Waals surface area contributed by atoms with Gasteiger partial charge in [-0.2, -0.15) is 0 Å². The van der Waals surface area contributed by atoms with Crippen LogP contribution in [-0.2, 0) is 16.1 Å². The van der Waals surface area contributed by atoms with E-state index in [1.165, 1.54) is 4.90 Å². The number of aliphatic carboxylic acids is 1. The Kier molecular flexibility index (Phi) is 8.03. The number of amides is 1. The average molecular weight is 368 g/mol. The number of carbonyl (C=O) groups excluding carboxylic acids is 1. The number of carboxylic acid groups (broad SMARTS) is 1. The summed E-state index contributed by atoms with van der Waals surface area (Å²) in [5.41, 5.74) is 1.94.